The van der Waals surface area contributed by atoms with Crippen LogP contribution in [0.5, 0.6) is 5.75 Å². The number of methoxy groups -OCH3 is 1. The fourth-order valence-electron chi connectivity index (χ4n) is 2.14. The average molecular weight is 392 g/mol. The molecule has 0 radical (unpaired) electrons. The van der Waals surface area contributed by atoms with Gasteiger partial charge in [-0.15, -0.1) is 0 Å². The molecule has 6 heteroatoms. The minimum Gasteiger partial charge on any atom is -0.496 e. The van der Waals surface area contributed by atoms with Crippen LogP contribution in [-0.4, -0.2) is 25.6 Å². The summed E-state index contributed by atoms with van der Waals surface area (Å²) in [5.74, 6) is -0.338. The van der Waals surface area contributed by atoms with E-state index in [9.17, 15) is 9.59 Å². The van der Waals surface area contributed by atoms with E-state index < -0.39 is 5.97 Å². The first-order valence-corrected chi connectivity index (χ1v) is 8.22. The van der Waals surface area contributed by atoms with Crippen molar-refractivity contribution in [1.29, 1.82) is 0 Å². The van der Waals surface area contributed by atoms with E-state index in [4.69, 9.17) is 9.47 Å². The molecule has 0 saturated heterocycles. The van der Waals surface area contributed by atoms with Crippen molar-refractivity contribution in [1.82, 2.24) is 0 Å². The summed E-state index contributed by atoms with van der Waals surface area (Å²) < 4.78 is 10.8. The van der Waals surface area contributed by atoms with Crippen LogP contribution in [0, 0.1) is 0 Å². The van der Waals surface area contributed by atoms with Gasteiger partial charge in [0.15, 0.2) is 6.61 Å². The number of carbonyl (C=O) groups excluding carboxylic acids is 2. The van der Waals surface area contributed by atoms with Gasteiger partial charge in [-0.05, 0) is 52.2 Å². The molecule has 126 valence electrons. The van der Waals surface area contributed by atoms with Crippen molar-refractivity contribution in [2.24, 2.45) is 0 Å². The number of hydrogen-bond acceptors (Lipinski definition) is 4. The highest BCUT2D eigenvalue weighted by atomic mass is 79.9. The molecule has 0 saturated carbocycles. The molecule has 0 aliphatic heterocycles. The highest BCUT2D eigenvalue weighted by Gasteiger charge is 2.13. The van der Waals surface area contributed by atoms with Crippen LogP contribution in [0.2, 0.25) is 0 Å². The lowest BCUT2D eigenvalue weighted by atomic mass is 10.1. The maximum Gasteiger partial charge on any atom is 0.338 e. The fraction of sp³-hybridized carbons (Fsp3) is 0.222. The Labute approximate surface area is 149 Å². The number of hydrogen-bond donors (Lipinski definition) is 1. The third-order valence-corrected chi connectivity index (χ3v) is 4.01. The number of nitrogens with one attached hydrogen (secondary N) is 1. The Kier molecular flexibility index (Phi) is 6.37. The SMILES string of the molecule is CCc1ccccc1NC(=O)COC(=O)c1ccc(OC)c(Br)c1. The lowest BCUT2D eigenvalue weighted by Gasteiger charge is -2.10. The summed E-state index contributed by atoms with van der Waals surface area (Å²) in [6.07, 6.45) is 0.802. The van der Waals surface area contributed by atoms with Gasteiger partial charge in [-0.3, -0.25) is 4.79 Å². The van der Waals surface area contributed by atoms with E-state index in [-0.39, 0.29) is 12.5 Å². The number of anilines is 1. The number of ether oxygens (including phenoxy) is 2. The van der Waals surface area contributed by atoms with Gasteiger partial charge >= 0.3 is 5.97 Å². The van der Waals surface area contributed by atoms with E-state index in [0.29, 0.717) is 15.8 Å². The van der Waals surface area contributed by atoms with E-state index in [1.165, 1.54) is 7.11 Å². The highest BCUT2D eigenvalue weighted by molar-refractivity contribution is 9.10. The minimum atomic E-state index is -0.572. The monoisotopic (exact) mass is 391 g/mol. The molecule has 0 unspecified atom stereocenters. The Hall–Kier alpha value is -2.34. The Balaban J connectivity index is 1.94. The topological polar surface area (TPSA) is 64.6 Å². The zero-order valence-corrected chi connectivity index (χ0v) is 15.1. The molecule has 2 aromatic carbocycles. The Morgan fingerprint density at radius 1 is 1.17 bits per heavy atom. The number of carbonyl (C=O) groups is 2. The predicted octanol–water partition coefficient (Wildman–Crippen LogP) is 3.82. The number of amides is 1. The Morgan fingerprint density at radius 2 is 1.92 bits per heavy atom. The minimum absolute atomic E-state index is 0.337. The van der Waals surface area contributed by atoms with Crippen LogP contribution in [-0.2, 0) is 16.0 Å². The molecule has 24 heavy (non-hydrogen) atoms. The highest BCUT2D eigenvalue weighted by Crippen LogP contribution is 2.25. The summed E-state index contributed by atoms with van der Waals surface area (Å²) in [4.78, 5) is 24.0. The van der Waals surface area contributed by atoms with Gasteiger partial charge in [-0.25, -0.2) is 4.79 Å². The van der Waals surface area contributed by atoms with Crippen molar-refractivity contribution < 1.29 is 19.1 Å². The molecule has 1 amide bonds. The average Bonchev–Trinajstić information content (AvgIpc) is 2.60. The van der Waals surface area contributed by atoms with E-state index in [2.05, 4.69) is 21.2 Å². The summed E-state index contributed by atoms with van der Waals surface area (Å²) in [5.41, 5.74) is 2.09. The second-order valence-electron chi connectivity index (χ2n) is 4.98. The predicted molar refractivity (Wildman–Crippen MR) is 95.4 cm³/mol. The van der Waals surface area contributed by atoms with Gasteiger partial charge in [0.05, 0.1) is 17.1 Å². The van der Waals surface area contributed by atoms with Crippen LogP contribution in [0.4, 0.5) is 5.69 Å². The van der Waals surface area contributed by atoms with Crippen LogP contribution >= 0.6 is 15.9 Å². The molecule has 0 aliphatic rings. The van der Waals surface area contributed by atoms with E-state index in [0.717, 1.165) is 17.7 Å². The van der Waals surface area contributed by atoms with E-state index >= 15 is 0 Å². The van der Waals surface area contributed by atoms with Gasteiger partial charge in [-0.2, -0.15) is 0 Å². The lowest BCUT2D eigenvalue weighted by molar-refractivity contribution is -0.119. The lowest BCUT2D eigenvalue weighted by Crippen LogP contribution is -2.21. The molecular weight excluding hydrogens is 374 g/mol. The zero-order chi connectivity index (χ0) is 17.5. The van der Waals surface area contributed by atoms with Crippen molar-refractivity contribution in [3.63, 3.8) is 0 Å². The molecule has 0 heterocycles. The quantitative estimate of drug-likeness (QED) is 0.760. The summed E-state index contributed by atoms with van der Waals surface area (Å²) >= 11 is 3.30. The fourth-order valence-corrected chi connectivity index (χ4v) is 2.69. The first-order valence-electron chi connectivity index (χ1n) is 7.43. The van der Waals surface area contributed by atoms with Gasteiger partial charge in [-0.1, -0.05) is 25.1 Å². The second kappa shape index (κ2) is 8.49. The number of benzene rings is 2. The number of rotatable bonds is 6. The smallest absolute Gasteiger partial charge is 0.338 e. The molecular formula is C18H18BrNO4. The first kappa shape index (κ1) is 18.0. The van der Waals surface area contributed by atoms with Crippen LogP contribution in [0.15, 0.2) is 46.9 Å². The summed E-state index contributed by atoms with van der Waals surface area (Å²) in [6.45, 7) is 1.66. The molecule has 5 nitrogen and oxygen atoms in total. The van der Waals surface area contributed by atoms with Gasteiger partial charge in [0.2, 0.25) is 0 Å². The molecule has 1 N–H and O–H groups in total. The molecule has 0 spiro atoms. The Morgan fingerprint density at radius 3 is 2.58 bits per heavy atom. The van der Waals surface area contributed by atoms with Crippen LogP contribution in [0.1, 0.15) is 22.8 Å². The first-order chi connectivity index (χ1) is 11.5. The maximum atomic E-state index is 12.0. The molecule has 0 fully saturated rings. The number of esters is 1. The van der Waals surface area contributed by atoms with Crippen molar-refractivity contribution in [2.75, 3.05) is 19.0 Å². The van der Waals surface area contributed by atoms with Gasteiger partial charge in [0.25, 0.3) is 5.91 Å². The van der Waals surface area contributed by atoms with Gasteiger partial charge in [0.1, 0.15) is 5.75 Å². The largest absolute Gasteiger partial charge is 0.496 e. The zero-order valence-electron chi connectivity index (χ0n) is 13.5. The third kappa shape index (κ3) is 4.58. The Bertz CT molecular complexity index is 746. The number of para-hydroxylation sites is 1. The maximum absolute atomic E-state index is 12.0. The normalized spacial score (nSPS) is 10.1. The molecule has 2 aromatic rings. The van der Waals surface area contributed by atoms with E-state index in [1.54, 1.807) is 18.2 Å². The molecule has 0 atom stereocenters. The van der Waals surface area contributed by atoms with Crippen molar-refractivity contribution in [3.05, 3.63) is 58.1 Å². The molecule has 0 bridgehead atoms. The van der Waals surface area contributed by atoms with Crippen LogP contribution in [0.3, 0.4) is 0 Å². The summed E-state index contributed by atoms with van der Waals surface area (Å²) in [7, 11) is 1.54. The van der Waals surface area contributed by atoms with Crippen LogP contribution in [0.25, 0.3) is 0 Å². The summed E-state index contributed by atoms with van der Waals surface area (Å²) in [5, 5.41) is 2.75. The van der Waals surface area contributed by atoms with Crippen LogP contribution < -0.4 is 10.1 Å². The standard InChI is InChI=1S/C18H18BrNO4/c1-3-12-6-4-5-7-15(12)20-17(21)11-24-18(22)13-8-9-16(23-2)14(19)10-13/h4-10H,3,11H2,1-2H3,(H,20,21). The number of halogens is 1. The molecule has 2 rings (SSSR count). The second-order valence-corrected chi connectivity index (χ2v) is 5.84. The number of aryl methyl sites for hydroxylation is 1. The third-order valence-electron chi connectivity index (χ3n) is 3.39. The van der Waals surface area contributed by atoms with Gasteiger partial charge in [0, 0.05) is 5.69 Å². The van der Waals surface area contributed by atoms with Crippen molar-refractivity contribution in [2.45, 2.75) is 13.3 Å². The molecule has 0 aromatic heterocycles. The van der Waals surface area contributed by atoms with Crippen molar-refractivity contribution >= 4 is 33.5 Å². The van der Waals surface area contributed by atoms with Gasteiger partial charge < -0.3 is 14.8 Å². The summed E-state index contributed by atoms with van der Waals surface area (Å²) in [6, 6.07) is 12.3. The van der Waals surface area contributed by atoms with E-state index in [1.807, 2.05) is 31.2 Å². The van der Waals surface area contributed by atoms with Crippen molar-refractivity contribution in [3.8, 4) is 5.75 Å². The molecule has 0 aliphatic carbocycles.